The van der Waals surface area contributed by atoms with E-state index >= 15 is 0 Å². The smallest absolute Gasteiger partial charge is 0.250 e. The van der Waals surface area contributed by atoms with Gasteiger partial charge in [0.05, 0.1) is 12.0 Å². The number of hydrazone groups is 1. The standard InChI is InChI=1S/C20H17ClN2OS2/c21-20-17(11-18(26-20)16-9-5-2-6-10-16)12-22-23-19(24)14-25-13-15-7-3-1-4-8-15/h1-12H,13-14H2,(H,23,24). The summed E-state index contributed by atoms with van der Waals surface area (Å²) in [6.07, 6.45) is 1.59. The van der Waals surface area contributed by atoms with Gasteiger partial charge >= 0.3 is 0 Å². The Labute approximate surface area is 166 Å². The summed E-state index contributed by atoms with van der Waals surface area (Å²) in [6, 6.07) is 22.1. The number of hydrogen-bond acceptors (Lipinski definition) is 4. The molecule has 2 aromatic carbocycles. The molecule has 0 aliphatic carbocycles. The lowest BCUT2D eigenvalue weighted by molar-refractivity contribution is -0.118. The van der Waals surface area contributed by atoms with Crippen molar-refractivity contribution in [3.05, 3.63) is 82.2 Å². The third-order valence-corrected chi connectivity index (χ3v) is 5.95. The average Bonchev–Trinajstić information content (AvgIpc) is 3.04. The monoisotopic (exact) mass is 400 g/mol. The number of hydrogen-bond donors (Lipinski definition) is 1. The Kier molecular flexibility index (Phi) is 6.89. The normalized spacial score (nSPS) is 11.0. The first-order valence-corrected chi connectivity index (χ1v) is 10.4. The zero-order chi connectivity index (χ0) is 18.2. The van der Waals surface area contributed by atoms with Crippen LogP contribution in [0.5, 0.6) is 0 Å². The van der Waals surface area contributed by atoms with E-state index in [1.165, 1.54) is 16.9 Å². The summed E-state index contributed by atoms with van der Waals surface area (Å²) < 4.78 is 0.653. The molecule has 0 spiro atoms. The minimum atomic E-state index is -0.128. The van der Waals surface area contributed by atoms with Gasteiger partial charge in [0, 0.05) is 16.2 Å². The molecule has 0 radical (unpaired) electrons. The maximum absolute atomic E-state index is 11.9. The van der Waals surface area contributed by atoms with Crippen molar-refractivity contribution in [3.63, 3.8) is 0 Å². The molecule has 0 aliphatic heterocycles. The molecule has 3 aromatic rings. The fraction of sp³-hybridized carbons (Fsp3) is 0.100. The summed E-state index contributed by atoms with van der Waals surface area (Å²) in [5, 5.41) is 4.02. The molecule has 132 valence electrons. The molecule has 1 heterocycles. The molecular formula is C20H17ClN2OS2. The first-order valence-electron chi connectivity index (χ1n) is 8.01. The Morgan fingerprint density at radius 3 is 2.54 bits per heavy atom. The number of rotatable bonds is 7. The quantitative estimate of drug-likeness (QED) is 0.423. The number of benzene rings is 2. The minimum Gasteiger partial charge on any atom is -0.272 e. The Balaban J connectivity index is 1.49. The van der Waals surface area contributed by atoms with Crippen LogP contribution in [0.4, 0.5) is 0 Å². The summed E-state index contributed by atoms with van der Waals surface area (Å²) in [6.45, 7) is 0. The molecule has 0 unspecified atom stereocenters. The number of nitrogens with one attached hydrogen (secondary N) is 1. The first-order chi connectivity index (χ1) is 12.7. The van der Waals surface area contributed by atoms with Crippen molar-refractivity contribution < 1.29 is 4.79 Å². The van der Waals surface area contributed by atoms with Gasteiger partial charge in [-0.2, -0.15) is 5.10 Å². The van der Waals surface area contributed by atoms with E-state index in [1.807, 2.05) is 66.7 Å². The molecule has 3 rings (SSSR count). The van der Waals surface area contributed by atoms with Gasteiger partial charge in [0.25, 0.3) is 0 Å². The Morgan fingerprint density at radius 1 is 1.12 bits per heavy atom. The van der Waals surface area contributed by atoms with Crippen LogP contribution in [0.1, 0.15) is 11.1 Å². The molecule has 0 atom stereocenters. The highest BCUT2D eigenvalue weighted by Gasteiger charge is 2.07. The topological polar surface area (TPSA) is 41.5 Å². The number of nitrogens with zero attached hydrogens (tertiary/aromatic N) is 1. The van der Waals surface area contributed by atoms with Crippen LogP contribution < -0.4 is 5.43 Å². The molecule has 0 saturated carbocycles. The number of amides is 1. The van der Waals surface area contributed by atoms with Gasteiger partial charge in [-0.05, 0) is 17.2 Å². The maximum atomic E-state index is 11.9. The number of halogens is 1. The summed E-state index contributed by atoms with van der Waals surface area (Å²) in [5.74, 6) is 1.03. The van der Waals surface area contributed by atoms with E-state index < -0.39 is 0 Å². The van der Waals surface area contributed by atoms with Gasteiger partial charge in [0.2, 0.25) is 5.91 Å². The van der Waals surface area contributed by atoms with Crippen molar-refractivity contribution in [2.75, 3.05) is 5.75 Å². The SMILES string of the molecule is O=C(CSCc1ccccc1)NN=Cc1cc(-c2ccccc2)sc1Cl. The zero-order valence-corrected chi connectivity index (χ0v) is 16.3. The summed E-state index contributed by atoms with van der Waals surface area (Å²) in [7, 11) is 0. The molecule has 6 heteroatoms. The van der Waals surface area contributed by atoms with Crippen molar-refractivity contribution >= 4 is 46.8 Å². The molecule has 26 heavy (non-hydrogen) atoms. The van der Waals surface area contributed by atoms with Crippen LogP contribution in [-0.4, -0.2) is 17.9 Å². The zero-order valence-electron chi connectivity index (χ0n) is 13.9. The van der Waals surface area contributed by atoms with Gasteiger partial charge in [-0.1, -0.05) is 72.3 Å². The molecular weight excluding hydrogens is 384 g/mol. The molecule has 3 nitrogen and oxygen atoms in total. The molecule has 0 bridgehead atoms. The second-order valence-corrected chi connectivity index (χ2v) is 8.12. The number of carbonyl (C=O) groups excluding carboxylic acids is 1. The van der Waals surface area contributed by atoms with Crippen molar-refractivity contribution in [2.24, 2.45) is 5.10 Å². The number of thiophene rings is 1. The van der Waals surface area contributed by atoms with Crippen molar-refractivity contribution in [2.45, 2.75) is 5.75 Å². The van der Waals surface area contributed by atoms with E-state index in [9.17, 15) is 4.79 Å². The van der Waals surface area contributed by atoms with E-state index in [4.69, 9.17) is 11.6 Å². The van der Waals surface area contributed by atoms with Crippen LogP contribution in [0, 0.1) is 0 Å². The van der Waals surface area contributed by atoms with Gasteiger partial charge in [0.15, 0.2) is 0 Å². The van der Waals surface area contributed by atoms with Crippen LogP contribution in [0.25, 0.3) is 10.4 Å². The fourth-order valence-corrected chi connectivity index (χ4v) is 4.25. The Morgan fingerprint density at radius 2 is 1.81 bits per heavy atom. The second-order valence-electron chi connectivity index (χ2n) is 5.48. The van der Waals surface area contributed by atoms with Crippen LogP contribution >= 0.6 is 34.7 Å². The summed E-state index contributed by atoms with van der Waals surface area (Å²) >= 11 is 9.32. The van der Waals surface area contributed by atoms with Gasteiger partial charge in [-0.25, -0.2) is 5.43 Å². The predicted octanol–water partition coefficient (Wildman–Crippen LogP) is 5.45. The lowest BCUT2D eigenvalue weighted by atomic mass is 10.2. The lowest BCUT2D eigenvalue weighted by Gasteiger charge is -2.01. The van der Waals surface area contributed by atoms with Crippen molar-refractivity contribution in [3.8, 4) is 10.4 Å². The van der Waals surface area contributed by atoms with Crippen LogP contribution in [0.3, 0.4) is 0 Å². The molecule has 1 N–H and O–H groups in total. The molecule has 0 saturated heterocycles. The van der Waals surface area contributed by atoms with Crippen LogP contribution in [0.2, 0.25) is 4.34 Å². The van der Waals surface area contributed by atoms with E-state index in [0.717, 1.165) is 21.8 Å². The number of carbonyl (C=O) groups is 1. The van der Waals surface area contributed by atoms with Gasteiger partial charge in [-0.15, -0.1) is 23.1 Å². The summed E-state index contributed by atoms with van der Waals surface area (Å²) in [5.41, 5.74) is 5.66. The maximum Gasteiger partial charge on any atom is 0.250 e. The average molecular weight is 401 g/mol. The minimum absolute atomic E-state index is 0.128. The molecule has 1 aromatic heterocycles. The summed E-state index contributed by atoms with van der Waals surface area (Å²) in [4.78, 5) is 12.9. The van der Waals surface area contributed by atoms with E-state index in [2.05, 4.69) is 10.5 Å². The van der Waals surface area contributed by atoms with Crippen LogP contribution in [0.15, 0.2) is 71.8 Å². The van der Waals surface area contributed by atoms with Gasteiger partial charge < -0.3 is 0 Å². The highest BCUT2D eigenvalue weighted by Crippen LogP contribution is 2.33. The fourth-order valence-electron chi connectivity index (χ4n) is 2.26. The predicted molar refractivity (Wildman–Crippen MR) is 113 cm³/mol. The molecule has 0 aliphatic rings. The lowest BCUT2D eigenvalue weighted by Crippen LogP contribution is -2.19. The largest absolute Gasteiger partial charge is 0.272 e. The highest BCUT2D eigenvalue weighted by atomic mass is 35.5. The number of thioether (sulfide) groups is 1. The van der Waals surface area contributed by atoms with E-state index in [-0.39, 0.29) is 5.91 Å². The third kappa shape index (κ3) is 5.46. The van der Waals surface area contributed by atoms with Gasteiger partial charge in [0.1, 0.15) is 4.34 Å². The first kappa shape index (κ1) is 18.7. The van der Waals surface area contributed by atoms with E-state index in [0.29, 0.717) is 10.1 Å². The van der Waals surface area contributed by atoms with Crippen molar-refractivity contribution in [1.82, 2.24) is 5.43 Å². The molecule has 1 amide bonds. The van der Waals surface area contributed by atoms with Crippen LogP contribution in [-0.2, 0) is 10.5 Å². The highest BCUT2D eigenvalue weighted by molar-refractivity contribution is 7.99. The Bertz CT molecular complexity index is 879. The molecule has 0 fully saturated rings. The van der Waals surface area contributed by atoms with Crippen molar-refractivity contribution in [1.29, 1.82) is 0 Å². The van der Waals surface area contributed by atoms with Gasteiger partial charge in [-0.3, -0.25) is 4.79 Å². The third-order valence-electron chi connectivity index (χ3n) is 3.51. The van der Waals surface area contributed by atoms with E-state index in [1.54, 1.807) is 18.0 Å². The second kappa shape index (κ2) is 9.57. The Hall–Kier alpha value is -2.08.